The fourth-order valence-electron chi connectivity index (χ4n) is 1.93. The number of aromatic nitrogens is 1. The fourth-order valence-corrected chi connectivity index (χ4v) is 3.56. The zero-order valence-electron chi connectivity index (χ0n) is 9.97. The van der Waals surface area contributed by atoms with Gasteiger partial charge >= 0.3 is 5.97 Å². The lowest BCUT2D eigenvalue weighted by atomic mass is 9.69. The molecule has 1 aromatic rings. The van der Waals surface area contributed by atoms with E-state index in [1.165, 1.54) is 18.5 Å². The van der Waals surface area contributed by atoms with Crippen LogP contribution in [-0.2, 0) is 14.8 Å². The number of halogens is 1. The topological polar surface area (TPSA) is 96.4 Å². The van der Waals surface area contributed by atoms with Gasteiger partial charge in [0.1, 0.15) is 4.90 Å². The second kappa shape index (κ2) is 5.18. The molecule has 1 aliphatic rings. The predicted octanol–water partition coefficient (Wildman–Crippen LogP) is 1.38. The molecule has 0 aliphatic heterocycles. The molecule has 1 saturated carbocycles. The van der Waals surface area contributed by atoms with Crippen molar-refractivity contribution in [2.45, 2.75) is 24.2 Å². The van der Waals surface area contributed by atoms with Crippen LogP contribution in [0.5, 0.6) is 0 Å². The van der Waals surface area contributed by atoms with Crippen molar-refractivity contribution in [2.75, 3.05) is 6.54 Å². The zero-order chi connectivity index (χ0) is 14.1. The van der Waals surface area contributed by atoms with E-state index in [4.69, 9.17) is 5.11 Å². The predicted molar refractivity (Wildman–Crippen MR) is 71.0 cm³/mol. The molecular formula is C11H13BrN2O4S. The monoisotopic (exact) mass is 348 g/mol. The molecule has 6 nitrogen and oxygen atoms in total. The molecule has 0 unspecified atom stereocenters. The highest BCUT2D eigenvalue weighted by molar-refractivity contribution is 9.10. The first-order chi connectivity index (χ1) is 8.86. The number of hydrogen-bond acceptors (Lipinski definition) is 4. The van der Waals surface area contributed by atoms with Gasteiger partial charge in [-0.1, -0.05) is 6.42 Å². The number of carbonyl (C=O) groups is 1. The lowest BCUT2D eigenvalue weighted by molar-refractivity contribution is -0.153. The number of pyridine rings is 1. The number of nitrogens with zero attached hydrogens (tertiary/aromatic N) is 1. The summed E-state index contributed by atoms with van der Waals surface area (Å²) in [4.78, 5) is 15.0. The summed E-state index contributed by atoms with van der Waals surface area (Å²) in [6.45, 7) is -0.0861. The normalized spacial score (nSPS) is 17.7. The average molecular weight is 349 g/mol. The van der Waals surface area contributed by atoms with Gasteiger partial charge in [-0.05, 0) is 34.8 Å². The SMILES string of the molecule is O=C(O)C1(CNS(=O)(=O)c2cncc(Br)c2)CCC1. The van der Waals surface area contributed by atoms with E-state index in [1.807, 2.05) is 0 Å². The fraction of sp³-hybridized carbons (Fsp3) is 0.455. The van der Waals surface area contributed by atoms with Gasteiger partial charge in [-0.15, -0.1) is 0 Å². The maximum Gasteiger partial charge on any atom is 0.310 e. The van der Waals surface area contributed by atoms with Crippen LogP contribution in [0, 0.1) is 5.41 Å². The van der Waals surface area contributed by atoms with Crippen molar-refractivity contribution >= 4 is 31.9 Å². The van der Waals surface area contributed by atoms with Gasteiger partial charge in [0.2, 0.25) is 10.0 Å². The van der Waals surface area contributed by atoms with Gasteiger partial charge in [0.05, 0.1) is 5.41 Å². The molecule has 1 heterocycles. The van der Waals surface area contributed by atoms with Crippen molar-refractivity contribution in [3.8, 4) is 0 Å². The molecule has 19 heavy (non-hydrogen) atoms. The molecule has 0 aromatic carbocycles. The third kappa shape index (κ3) is 2.96. The van der Waals surface area contributed by atoms with Crippen molar-refractivity contribution < 1.29 is 18.3 Å². The Morgan fingerprint density at radius 2 is 2.16 bits per heavy atom. The molecule has 1 fully saturated rings. The molecule has 1 aromatic heterocycles. The van der Waals surface area contributed by atoms with Crippen molar-refractivity contribution in [3.63, 3.8) is 0 Å². The highest BCUT2D eigenvalue weighted by Crippen LogP contribution is 2.40. The van der Waals surface area contributed by atoms with Gasteiger partial charge in [0.25, 0.3) is 0 Å². The highest BCUT2D eigenvalue weighted by Gasteiger charge is 2.45. The zero-order valence-corrected chi connectivity index (χ0v) is 12.4. The summed E-state index contributed by atoms with van der Waals surface area (Å²) < 4.78 is 27.0. The van der Waals surface area contributed by atoms with Crippen LogP contribution in [0.1, 0.15) is 19.3 Å². The summed E-state index contributed by atoms with van der Waals surface area (Å²) in [6, 6.07) is 1.42. The standard InChI is InChI=1S/C11H13BrN2O4S/c12-8-4-9(6-13-5-8)19(17,18)14-7-11(10(15)16)2-1-3-11/h4-6,14H,1-3,7H2,(H,15,16). The molecule has 0 spiro atoms. The minimum Gasteiger partial charge on any atom is -0.481 e. The Hall–Kier alpha value is -0.990. The van der Waals surface area contributed by atoms with Crippen LogP contribution < -0.4 is 4.72 Å². The number of hydrogen-bond donors (Lipinski definition) is 2. The smallest absolute Gasteiger partial charge is 0.310 e. The number of carboxylic acids is 1. The third-order valence-electron chi connectivity index (χ3n) is 3.36. The van der Waals surface area contributed by atoms with Crippen LogP contribution in [0.4, 0.5) is 0 Å². The number of sulfonamides is 1. The first-order valence-electron chi connectivity index (χ1n) is 5.69. The minimum atomic E-state index is -3.73. The van der Waals surface area contributed by atoms with Crippen molar-refractivity contribution in [1.82, 2.24) is 9.71 Å². The summed E-state index contributed by atoms with van der Waals surface area (Å²) in [6.07, 6.45) is 4.51. The van der Waals surface area contributed by atoms with Crippen LogP contribution in [0.2, 0.25) is 0 Å². The third-order valence-corrected chi connectivity index (χ3v) is 5.16. The lowest BCUT2D eigenvalue weighted by Gasteiger charge is -2.37. The summed E-state index contributed by atoms with van der Waals surface area (Å²) in [5.74, 6) is -0.950. The molecule has 8 heteroatoms. The Balaban J connectivity index is 2.12. The first kappa shape index (κ1) is 14.4. The average Bonchev–Trinajstić information content (AvgIpc) is 2.27. The van der Waals surface area contributed by atoms with Crippen LogP contribution in [0.25, 0.3) is 0 Å². The van der Waals surface area contributed by atoms with Crippen LogP contribution in [-0.4, -0.2) is 31.0 Å². The second-order valence-electron chi connectivity index (χ2n) is 4.60. The van der Waals surface area contributed by atoms with E-state index in [2.05, 4.69) is 25.6 Å². The molecule has 0 radical (unpaired) electrons. The Bertz CT molecular complexity index is 598. The van der Waals surface area contributed by atoms with E-state index in [1.54, 1.807) is 0 Å². The molecule has 2 rings (SSSR count). The van der Waals surface area contributed by atoms with Gasteiger partial charge < -0.3 is 5.11 Å². The van der Waals surface area contributed by atoms with E-state index >= 15 is 0 Å². The van der Waals surface area contributed by atoms with Gasteiger partial charge in [0.15, 0.2) is 0 Å². The Kier molecular flexibility index (Phi) is 3.93. The van der Waals surface area contributed by atoms with Crippen LogP contribution in [0.15, 0.2) is 27.8 Å². The van der Waals surface area contributed by atoms with E-state index < -0.39 is 21.4 Å². The molecule has 0 amide bonds. The number of nitrogens with one attached hydrogen (secondary N) is 1. The van der Waals surface area contributed by atoms with E-state index in [9.17, 15) is 13.2 Å². The Labute approximate surface area is 119 Å². The molecular weight excluding hydrogens is 336 g/mol. The van der Waals surface area contributed by atoms with Gasteiger partial charge in [-0.3, -0.25) is 9.78 Å². The Morgan fingerprint density at radius 3 is 2.63 bits per heavy atom. The van der Waals surface area contributed by atoms with Crippen molar-refractivity contribution in [3.05, 3.63) is 22.9 Å². The molecule has 0 bridgehead atoms. The highest BCUT2D eigenvalue weighted by atomic mass is 79.9. The molecule has 0 atom stereocenters. The Morgan fingerprint density at radius 1 is 1.47 bits per heavy atom. The summed E-state index contributed by atoms with van der Waals surface area (Å²) in [5, 5.41) is 9.14. The molecule has 1 aliphatic carbocycles. The number of aliphatic carboxylic acids is 1. The van der Waals surface area contributed by atoms with E-state index in [0.29, 0.717) is 17.3 Å². The summed E-state index contributed by atoms with van der Waals surface area (Å²) >= 11 is 3.14. The maximum absolute atomic E-state index is 12.0. The second-order valence-corrected chi connectivity index (χ2v) is 7.29. The quantitative estimate of drug-likeness (QED) is 0.837. The van der Waals surface area contributed by atoms with E-state index in [-0.39, 0.29) is 11.4 Å². The largest absolute Gasteiger partial charge is 0.481 e. The maximum atomic E-state index is 12.0. The van der Waals surface area contributed by atoms with Crippen LogP contribution in [0.3, 0.4) is 0 Å². The lowest BCUT2D eigenvalue weighted by Crippen LogP contribution is -2.47. The van der Waals surface area contributed by atoms with Crippen LogP contribution >= 0.6 is 15.9 Å². The molecule has 2 N–H and O–H groups in total. The number of rotatable bonds is 5. The summed E-state index contributed by atoms with van der Waals surface area (Å²) in [5.41, 5.74) is -0.952. The van der Waals surface area contributed by atoms with E-state index in [0.717, 1.165) is 6.42 Å². The van der Waals surface area contributed by atoms with Crippen molar-refractivity contribution in [1.29, 1.82) is 0 Å². The molecule has 0 saturated heterocycles. The number of carboxylic acid groups (broad SMARTS) is 1. The van der Waals surface area contributed by atoms with Gasteiger partial charge in [-0.2, -0.15) is 0 Å². The molecule has 104 valence electrons. The van der Waals surface area contributed by atoms with Gasteiger partial charge in [0, 0.05) is 23.4 Å². The first-order valence-corrected chi connectivity index (χ1v) is 7.97. The van der Waals surface area contributed by atoms with Gasteiger partial charge in [-0.25, -0.2) is 13.1 Å². The van der Waals surface area contributed by atoms with Crippen molar-refractivity contribution in [2.24, 2.45) is 5.41 Å². The minimum absolute atomic E-state index is 0.0155. The summed E-state index contributed by atoms with van der Waals surface area (Å²) in [7, 11) is -3.73.